The lowest BCUT2D eigenvalue weighted by Crippen LogP contribution is -2.31. The van der Waals surface area contributed by atoms with Crippen molar-refractivity contribution < 1.29 is 0 Å². The van der Waals surface area contributed by atoms with Crippen LogP contribution in [-0.4, -0.2) is 16.6 Å². The zero-order valence-electron chi connectivity index (χ0n) is 35.1. The summed E-state index contributed by atoms with van der Waals surface area (Å²) in [4.78, 5) is 9.96. The minimum atomic E-state index is -0.662. The first-order valence-corrected chi connectivity index (χ1v) is 21.9. The Labute approximate surface area is 368 Å². The van der Waals surface area contributed by atoms with Crippen molar-refractivity contribution in [3.05, 3.63) is 263 Å². The lowest BCUT2D eigenvalue weighted by molar-refractivity contribution is 0.622. The van der Waals surface area contributed by atoms with Crippen molar-refractivity contribution in [3.8, 4) is 16.8 Å². The normalized spacial score (nSPS) is 16.2. The van der Waals surface area contributed by atoms with E-state index in [4.69, 9.17) is 15.7 Å². The van der Waals surface area contributed by atoms with E-state index in [1.807, 2.05) is 66.9 Å². The molecule has 0 spiro atoms. The molecule has 2 N–H and O–H groups in total. The molecule has 2 unspecified atom stereocenters. The predicted octanol–water partition coefficient (Wildman–Crippen LogP) is 13.7. The molecule has 1 heterocycles. The fourth-order valence-electron chi connectivity index (χ4n) is 10.1. The molecule has 302 valence electrons. The van der Waals surface area contributed by atoms with Crippen LogP contribution in [-0.2, 0) is 5.41 Å². The van der Waals surface area contributed by atoms with Crippen molar-refractivity contribution in [1.29, 1.82) is 0 Å². The summed E-state index contributed by atoms with van der Waals surface area (Å²) in [5.74, 6) is 0.993. The number of rotatable bonds is 8. The van der Waals surface area contributed by atoms with Gasteiger partial charge < -0.3 is 10.3 Å². The molecule has 2 aliphatic carbocycles. The highest BCUT2D eigenvalue weighted by atomic mass is 15.0. The Morgan fingerprint density at radius 1 is 0.651 bits per heavy atom. The molecular formula is C59H46N4. The van der Waals surface area contributed by atoms with Gasteiger partial charge >= 0.3 is 0 Å². The zero-order chi connectivity index (χ0) is 42.3. The average molecular weight is 811 g/mol. The quantitative estimate of drug-likeness (QED) is 0.121. The average Bonchev–Trinajstić information content (AvgIpc) is 3.84. The van der Waals surface area contributed by atoms with Gasteiger partial charge in [-0.3, -0.25) is 0 Å². The van der Waals surface area contributed by atoms with E-state index in [-0.39, 0.29) is 0 Å². The molecule has 2 atom stereocenters. The van der Waals surface area contributed by atoms with Crippen molar-refractivity contribution in [3.63, 3.8) is 0 Å². The molecule has 0 aliphatic heterocycles. The van der Waals surface area contributed by atoms with Crippen LogP contribution in [0.1, 0.15) is 58.5 Å². The van der Waals surface area contributed by atoms with Gasteiger partial charge in [0.2, 0.25) is 0 Å². The summed E-state index contributed by atoms with van der Waals surface area (Å²) >= 11 is 0. The summed E-state index contributed by atoms with van der Waals surface area (Å²) in [6, 6.07) is 73.5. The summed E-state index contributed by atoms with van der Waals surface area (Å²) in [7, 11) is 0. The summed E-state index contributed by atoms with van der Waals surface area (Å²) in [5, 5.41) is 2.48. The fourth-order valence-corrected chi connectivity index (χ4v) is 10.1. The Morgan fingerprint density at radius 2 is 1.30 bits per heavy atom. The number of allylic oxidation sites excluding steroid dienone is 4. The summed E-state index contributed by atoms with van der Waals surface area (Å²) in [6.45, 7) is 2.34. The number of aliphatic imine (C=N–C) groups is 2. The summed E-state index contributed by atoms with van der Waals surface area (Å²) in [6.07, 6.45) is 6.98. The third-order valence-corrected chi connectivity index (χ3v) is 12.9. The van der Waals surface area contributed by atoms with Gasteiger partial charge in [0.1, 0.15) is 6.17 Å². The molecule has 0 saturated heterocycles. The first-order chi connectivity index (χ1) is 31.1. The van der Waals surface area contributed by atoms with E-state index in [9.17, 15) is 0 Å². The number of aromatic nitrogens is 1. The molecule has 9 aromatic rings. The van der Waals surface area contributed by atoms with E-state index in [1.54, 1.807) is 0 Å². The highest BCUT2D eigenvalue weighted by Gasteiger charge is 2.49. The summed E-state index contributed by atoms with van der Waals surface area (Å²) in [5.41, 5.74) is 23.1. The molecule has 0 fully saturated rings. The van der Waals surface area contributed by atoms with Crippen LogP contribution in [0, 0.1) is 5.92 Å². The van der Waals surface area contributed by atoms with Gasteiger partial charge in [0, 0.05) is 28.2 Å². The second-order valence-electron chi connectivity index (χ2n) is 16.8. The maximum absolute atomic E-state index is 7.06. The lowest BCUT2D eigenvalue weighted by Gasteiger charge is -2.37. The van der Waals surface area contributed by atoms with E-state index in [2.05, 4.69) is 169 Å². The van der Waals surface area contributed by atoms with Crippen LogP contribution in [0.5, 0.6) is 0 Å². The van der Waals surface area contributed by atoms with Crippen molar-refractivity contribution in [2.45, 2.75) is 24.9 Å². The van der Waals surface area contributed by atoms with Crippen LogP contribution >= 0.6 is 0 Å². The highest BCUT2D eigenvalue weighted by Crippen LogP contribution is 2.60. The molecule has 0 bridgehead atoms. The molecule has 1 aromatic heterocycles. The first kappa shape index (κ1) is 38.3. The molecule has 4 nitrogen and oxygen atoms in total. The molecule has 8 aromatic carbocycles. The Morgan fingerprint density at radius 3 is 2.00 bits per heavy atom. The fraction of sp³-hybridized carbons (Fsp3) is 0.0847. The van der Waals surface area contributed by atoms with E-state index in [0.29, 0.717) is 11.8 Å². The Bertz CT molecular complexity index is 3210. The van der Waals surface area contributed by atoms with E-state index in [0.717, 1.165) is 39.8 Å². The molecular weight excluding hydrogens is 765 g/mol. The number of nitrogens with two attached hydrogens (primary N) is 1. The third kappa shape index (κ3) is 6.59. The Hall–Kier alpha value is -7.66. The van der Waals surface area contributed by atoms with E-state index < -0.39 is 11.6 Å². The number of fused-ring (bicyclic) bond motifs is 6. The van der Waals surface area contributed by atoms with Gasteiger partial charge in [0.25, 0.3) is 0 Å². The molecule has 0 radical (unpaired) electrons. The van der Waals surface area contributed by atoms with Crippen molar-refractivity contribution in [2.75, 3.05) is 0 Å². The zero-order valence-corrected chi connectivity index (χ0v) is 35.1. The van der Waals surface area contributed by atoms with Crippen LogP contribution in [0.25, 0.3) is 44.2 Å². The second-order valence-corrected chi connectivity index (χ2v) is 16.8. The van der Waals surface area contributed by atoms with E-state index in [1.165, 1.54) is 55.3 Å². The predicted molar refractivity (Wildman–Crippen MR) is 263 cm³/mol. The van der Waals surface area contributed by atoms with E-state index >= 15 is 0 Å². The largest absolute Gasteiger partial charge is 0.309 e. The van der Waals surface area contributed by atoms with Gasteiger partial charge in [0.05, 0.1) is 16.4 Å². The number of hydrogen-bond donors (Lipinski definition) is 1. The second kappa shape index (κ2) is 16.0. The van der Waals surface area contributed by atoms with Crippen LogP contribution in [0.3, 0.4) is 0 Å². The number of amidine groups is 1. The summed E-state index contributed by atoms with van der Waals surface area (Å²) < 4.78 is 2.43. The minimum absolute atomic E-state index is 0.413. The van der Waals surface area contributed by atoms with Gasteiger partial charge in [-0.2, -0.15) is 0 Å². The van der Waals surface area contributed by atoms with Gasteiger partial charge in [-0.1, -0.05) is 201 Å². The number of benzene rings is 8. The van der Waals surface area contributed by atoms with Crippen molar-refractivity contribution in [1.82, 2.24) is 4.57 Å². The Kier molecular flexibility index (Phi) is 9.71. The topological polar surface area (TPSA) is 55.7 Å². The van der Waals surface area contributed by atoms with Crippen LogP contribution in [0.15, 0.2) is 234 Å². The highest BCUT2D eigenvalue weighted by molar-refractivity contribution is 6.17. The van der Waals surface area contributed by atoms with Gasteiger partial charge in [-0.25, -0.2) is 9.98 Å². The first-order valence-electron chi connectivity index (χ1n) is 21.9. The van der Waals surface area contributed by atoms with Crippen LogP contribution < -0.4 is 5.73 Å². The van der Waals surface area contributed by atoms with Crippen LogP contribution in [0.2, 0.25) is 0 Å². The van der Waals surface area contributed by atoms with Crippen LogP contribution in [0.4, 0.5) is 0 Å². The molecule has 0 amide bonds. The monoisotopic (exact) mass is 810 g/mol. The van der Waals surface area contributed by atoms with Gasteiger partial charge in [-0.15, -0.1) is 0 Å². The molecule has 0 saturated carbocycles. The maximum atomic E-state index is 7.06. The molecule has 63 heavy (non-hydrogen) atoms. The molecule has 4 heteroatoms. The maximum Gasteiger partial charge on any atom is 0.156 e. The smallest absolute Gasteiger partial charge is 0.156 e. The molecule has 11 rings (SSSR count). The van der Waals surface area contributed by atoms with Crippen molar-refractivity contribution >= 4 is 39.4 Å². The van der Waals surface area contributed by atoms with Gasteiger partial charge in [-0.05, 0) is 92.3 Å². The van der Waals surface area contributed by atoms with Gasteiger partial charge in [0.15, 0.2) is 5.84 Å². The Balaban J connectivity index is 1.15. The minimum Gasteiger partial charge on any atom is -0.309 e. The van der Waals surface area contributed by atoms with Crippen molar-refractivity contribution in [2.24, 2.45) is 21.6 Å². The number of nitrogens with zero attached hydrogens (tertiary/aromatic N) is 3. The third-order valence-electron chi connectivity index (χ3n) is 12.9. The lowest BCUT2D eigenvalue weighted by atomic mass is 9.65. The number of hydrogen-bond acceptors (Lipinski definition) is 2. The standard InChI is InChI=1S/C59H46N4/c1-40-30-32-49-52(36-40)59(46-25-13-5-14-26-46,47-27-15-6-16-28-47)51-34-35-53-56(55(49)51)50-33-31-44(42-20-9-3-10-21-42)38-54(50)63(53)48-29-17-24-45(37-48)57(60)62-58(43-22-11-4-12-23-43)61-39-41-18-7-2-8-19-41/h2-35,37-40,57H,36,60H2,1H3/b61-39+,62-58-. The SMILES string of the molecule is CC1C=CC2=C(C1)C(c1ccccc1)(c1ccccc1)c1ccc3c(c12)c1ccc(-c2ccccc2)cc1n3-c1cccc(C(N)/N=C(\N=C\c2ccccc2)c2ccccc2)c1. The molecule has 2 aliphatic rings.